The normalized spacial score (nSPS) is 14.9. The molecule has 4 heteroatoms. The number of ether oxygens (including phenoxy) is 1. The van der Waals surface area contributed by atoms with Crippen molar-refractivity contribution in [3.8, 4) is 0 Å². The topological polar surface area (TPSA) is 60.0 Å². The minimum Gasteiger partial charge on any atom is -0.399 e. The highest BCUT2D eigenvalue weighted by Crippen LogP contribution is 2.19. The van der Waals surface area contributed by atoms with Gasteiger partial charge in [-0.05, 0) is 49.3 Å². The molecule has 1 aliphatic carbocycles. The maximum Gasteiger partial charge on any atom is 0.0858 e. The smallest absolute Gasteiger partial charge is 0.0858 e. The molecule has 0 saturated heterocycles. The van der Waals surface area contributed by atoms with Gasteiger partial charge in [-0.1, -0.05) is 18.2 Å². The van der Waals surface area contributed by atoms with Gasteiger partial charge in [0, 0.05) is 18.7 Å². The molecular formula is C17H21N3O. The zero-order valence-corrected chi connectivity index (χ0v) is 12.3. The van der Waals surface area contributed by atoms with Crippen LogP contribution in [0.3, 0.4) is 0 Å². The first-order valence-electron chi connectivity index (χ1n) is 7.19. The highest BCUT2D eigenvalue weighted by Gasteiger charge is 1.99. The Morgan fingerprint density at radius 3 is 2.71 bits per heavy atom. The highest BCUT2D eigenvalue weighted by atomic mass is 16.5. The number of nitrogens with zero attached hydrogens (tertiary/aromatic N) is 2. The van der Waals surface area contributed by atoms with Crippen LogP contribution in [0, 0.1) is 0 Å². The predicted octanol–water partition coefficient (Wildman–Crippen LogP) is 4.55. The second-order valence-corrected chi connectivity index (χ2v) is 4.74. The van der Waals surface area contributed by atoms with Gasteiger partial charge in [-0.25, -0.2) is 0 Å². The summed E-state index contributed by atoms with van der Waals surface area (Å²) in [6, 6.07) is 7.35. The summed E-state index contributed by atoms with van der Waals surface area (Å²) < 4.78 is 5.37. The maximum absolute atomic E-state index is 5.64. The van der Waals surface area contributed by atoms with E-state index < -0.39 is 0 Å². The number of nitrogen functional groups attached to an aromatic ring is 1. The van der Waals surface area contributed by atoms with Crippen molar-refractivity contribution in [1.29, 1.82) is 0 Å². The molecule has 2 rings (SSSR count). The minimum absolute atomic E-state index is 0.729. The molecule has 0 atom stereocenters. The van der Waals surface area contributed by atoms with Gasteiger partial charge in [0.05, 0.1) is 18.0 Å². The average molecular weight is 283 g/mol. The van der Waals surface area contributed by atoms with E-state index in [0.29, 0.717) is 0 Å². The maximum atomic E-state index is 5.64. The largest absolute Gasteiger partial charge is 0.399 e. The highest BCUT2D eigenvalue weighted by molar-refractivity contribution is 5.47. The van der Waals surface area contributed by atoms with Crippen LogP contribution in [0.4, 0.5) is 11.4 Å². The Morgan fingerprint density at radius 2 is 1.95 bits per heavy atom. The third kappa shape index (κ3) is 5.36. The SMILES string of the molecule is CCOCCC1=CC=C(N=Nc2ccc(N)cc2)CC=C1. The number of rotatable bonds is 6. The molecule has 0 amide bonds. The fraction of sp³-hybridized carbons (Fsp3) is 0.294. The Morgan fingerprint density at radius 1 is 1.14 bits per heavy atom. The number of allylic oxidation sites excluding steroid dienone is 4. The first-order valence-corrected chi connectivity index (χ1v) is 7.19. The molecule has 1 aromatic carbocycles. The Hall–Kier alpha value is -2.20. The molecule has 0 spiro atoms. The van der Waals surface area contributed by atoms with Gasteiger partial charge in [0.1, 0.15) is 0 Å². The monoisotopic (exact) mass is 283 g/mol. The number of nitrogens with two attached hydrogens (primary N) is 1. The van der Waals surface area contributed by atoms with E-state index in [1.165, 1.54) is 5.57 Å². The Balaban J connectivity index is 1.97. The van der Waals surface area contributed by atoms with Crippen LogP contribution in [-0.2, 0) is 4.74 Å². The van der Waals surface area contributed by atoms with Gasteiger partial charge in [-0.3, -0.25) is 0 Å². The fourth-order valence-electron chi connectivity index (χ4n) is 1.90. The van der Waals surface area contributed by atoms with Crippen LogP contribution in [0.2, 0.25) is 0 Å². The molecule has 0 aliphatic heterocycles. The summed E-state index contributed by atoms with van der Waals surface area (Å²) in [6.07, 6.45) is 10.0. The zero-order valence-electron chi connectivity index (χ0n) is 12.3. The molecule has 0 aromatic heterocycles. The third-order valence-corrected chi connectivity index (χ3v) is 3.07. The van der Waals surface area contributed by atoms with Crippen LogP contribution in [0.25, 0.3) is 0 Å². The van der Waals surface area contributed by atoms with E-state index in [-0.39, 0.29) is 0 Å². The number of benzene rings is 1. The summed E-state index contributed by atoms with van der Waals surface area (Å²) in [4.78, 5) is 0. The molecule has 0 heterocycles. The first-order chi connectivity index (χ1) is 10.3. The Labute approximate surface area is 125 Å². The number of hydrogen-bond donors (Lipinski definition) is 1. The van der Waals surface area contributed by atoms with Crippen molar-refractivity contribution >= 4 is 11.4 Å². The van der Waals surface area contributed by atoms with Crippen molar-refractivity contribution in [1.82, 2.24) is 0 Å². The Bertz CT molecular complexity index is 568. The van der Waals surface area contributed by atoms with Crippen LogP contribution < -0.4 is 5.73 Å². The summed E-state index contributed by atoms with van der Waals surface area (Å²) in [6.45, 7) is 3.52. The van der Waals surface area contributed by atoms with Crippen LogP contribution in [0.5, 0.6) is 0 Å². The molecule has 0 fully saturated rings. The predicted molar refractivity (Wildman–Crippen MR) is 86.4 cm³/mol. The van der Waals surface area contributed by atoms with Crippen molar-refractivity contribution in [3.63, 3.8) is 0 Å². The quantitative estimate of drug-likeness (QED) is 0.473. The minimum atomic E-state index is 0.729. The van der Waals surface area contributed by atoms with Crippen molar-refractivity contribution in [2.45, 2.75) is 19.8 Å². The molecule has 1 aromatic rings. The third-order valence-electron chi connectivity index (χ3n) is 3.07. The molecular weight excluding hydrogens is 262 g/mol. The molecule has 0 saturated carbocycles. The van der Waals surface area contributed by atoms with Gasteiger partial charge in [0.25, 0.3) is 0 Å². The van der Waals surface area contributed by atoms with Gasteiger partial charge in [-0.2, -0.15) is 10.2 Å². The number of hydrogen-bond acceptors (Lipinski definition) is 4. The molecule has 21 heavy (non-hydrogen) atoms. The second-order valence-electron chi connectivity index (χ2n) is 4.74. The van der Waals surface area contributed by atoms with Gasteiger partial charge in [0.2, 0.25) is 0 Å². The van der Waals surface area contributed by atoms with E-state index in [0.717, 1.165) is 43.1 Å². The van der Waals surface area contributed by atoms with Crippen LogP contribution in [0.1, 0.15) is 19.8 Å². The summed E-state index contributed by atoms with van der Waals surface area (Å²) in [5, 5.41) is 8.52. The zero-order chi connectivity index (χ0) is 14.9. The molecule has 0 radical (unpaired) electrons. The number of azo groups is 1. The van der Waals surface area contributed by atoms with Crippen molar-refractivity contribution < 1.29 is 4.74 Å². The fourth-order valence-corrected chi connectivity index (χ4v) is 1.90. The first kappa shape index (κ1) is 15.2. The van der Waals surface area contributed by atoms with Gasteiger partial charge in [0.15, 0.2) is 0 Å². The lowest BCUT2D eigenvalue weighted by Crippen LogP contribution is -1.93. The van der Waals surface area contributed by atoms with E-state index in [9.17, 15) is 0 Å². The van der Waals surface area contributed by atoms with Gasteiger partial charge >= 0.3 is 0 Å². The van der Waals surface area contributed by atoms with Gasteiger partial charge < -0.3 is 10.5 Å². The standard InChI is InChI=1S/C17H21N3O/c1-2-21-13-12-14-4-3-5-16(9-6-14)19-20-17-10-7-15(18)8-11-17/h3-4,6-11H,2,5,12-13,18H2,1H3. The molecule has 0 bridgehead atoms. The van der Waals surface area contributed by atoms with Crippen molar-refractivity contribution in [3.05, 3.63) is 59.8 Å². The average Bonchev–Trinajstić information content (AvgIpc) is 2.72. The van der Waals surface area contributed by atoms with Crippen LogP contribution in [-0.4, -0.2) is 13.2 Å². The van der Waals surface area contributed by atoms with E-state index >= 15 is 0 Å². The van der Waals surface area contributed by atoms with Gasteiger partial charge in [-0.15, -0.1) is 0 Å². The van der Waals surface area contributed by atoms with Crippen molar-refractivity contribution in [2.75, 3.05) is 18.9 Å². The summed E-state index contributed by atoms with van der Waals surface area (Å²) >= 11 is 0. The molecule has 2 N–H and O–H groups in total. The summed E-state index contributed by atoms with van der Waals surface area (Å²) in [7, 11) is 0. The van der Waals surface area contributed by atoms with Crippen LogP contribution >= 0.6 is 0 Å². The molecule has 110 valence electrons. The second kappa shape index (κ2) is 8.17. The molecule has 0 unspecified atom stereocenters. The Kier molecular flexibility index (Phi) is 5.91. The van der Waals surface area contributed by atoms with E-state index in [4.69, 9.17) is 10.5 Å². The molecule has 4 nitrogen and oxygen atoms in total. The summed E-state index contributed by atoms with van der Waals surface area (Å²) in [5.41, 5.74) is 9.36. The molecule has 1 aliphatic rings. The number of anilines is 1. The van der Waals surface area contributed by atoms with Crippen molar-refractivity contribution in [2.24, 2.45) is 10.2 Å². The lowest BCUT2D eigenvalue weighted by molar-refractivity contribution is 0.151. The van der Waals surface area contributed by atoms with E-state index in [1.807, 2.05) is 37.3 Å². The van der Waals surface area contributed by atoms with E-state index in [1.54, 1.807) is 0 Å². The van der Waals surface area contributed by atoms with Crippen LogP contribution in [0.15, 0.2) is 70.1 Å². The lowest BCUT2D eigenvalue weighted by atomic mass is 10.2. The van der Waals surface area contributed by atoms with E-state index in [2.05, 4.69) is 28.5 Å². The summed E-state index contributed by atoms with van der Waals surface area (Å²) in [5.74, 6) is 0. The lowest BCUT2D eigenvalue weighted by Gasteiger charge is -2.00.